The summed E-state index contributed by atoms with van der Waals surface area (Å²) in [6, 6.07) is 7.75. The molecule has 0 aromatic heterocycles. The molecule has 0 aliphatic heterocycles. The first-order valence-electron chi connectivity index (χ1n) is 7.06. The highest BCUT2D eigenvalue weighted by molar-refractivity contribution is 9.10. The number of aliphatic hydroxyl groups is 1. The van der Waals surface area contributed by atoms with Gasteiger partial charge in [-0.3, -0.25) is 0 Å². The van der Waals surface area contributed by atoms with Crippen LogP contribution in [-0.4, -0.2) is 30.7 Å². The number of nitrogens with zero attached hydrogens (tertiary/aromatic N) is 1. The summed E-state index contributed by atoms with van der Waals surface area (Å²) in [7, 11) is 0. The van der Waals surface area contributed by atoms with Crippen LogP contribution in [0.4, 0.5) is 0 Å². The van der Waals surface area contributed by atoms with Crippen LogP contribution in [0.25, 0.3) is 0 Å². The van der Waals surface area contributed by atoms with Gasteiger partial charge in [0.25, 0.3) is 0 Å². The first kappa shape index (κ1) is 20.4. The molecule has 1 unspecified atom stereocenters. The molecule has 0 radical (unpaired) electrons. The maximum Gasteiger partial charge on any atom is 0.191 e. The van der Waals surface area contributed by atoms with Crippen LogP contribution in [0, 0.1) is 0 Å². The highest BCUT2D eigenvalue weighted by Gasteiger charge is 2.26. The Morgan fingerprint density at radius 1 is 1.14 bits per heavy atom. The van der Waals surface area contributed by atoms with Crippen molar-refractivity contribution < 1.29 is 5.11 Å². The molecule has 0 saturated heterocycles. The molecule has 0 bridgehead atoms. The van der Waals surface area contributed by atoms with Crippen molar-refractivity contribution in [2.75, 3.05) is 19.6 Å². The molecule has 1 aromatic carbocycles. The molecule has 1 rings (SSSR count). The van der Waals surface area contributed by atoms with Crippen LogP contribution in [0.1, 0.15) is 32.8 Å². The third-order valence-corrected chi connectivity index (χ3v) is 3.68. The number of hydrogen-bond acceptors (Lipinski definition) is 2. The van der Waals surface area contributed by atoms with Gasteiger partial charge < -0.3 is 15.7 Å². The maximum atomic E-state index is 10.8. The SMILES string of the molecule is Br.CCNC(=NCC(O)(CC)c1ccc(Br)cc1)NCC. The fourth-order valence-corrected chi connectivity index (χ4v) is 2.15. The van der Waals surface area contributed by atoms with E-state index in [0.717, 1.165) is 29.1 Å². The van der Waals surface area contributed by atoms with E-state index in [-0.39, 0.29) is 17.0 Å². The standard InChI is InChI=1S/C15H24BrN3O.BrH/c1-4-15(20,12-7-9-13(16)10-8-12)11-19-14(17-5-2)18-6-3;/h7-10,20H,4-6,11H2,1-3H3,(H2,17,18,19);1H. The number of aliphatic imine (C=N–C) groups is 1. The van der Waals surface area contributed by atoms with Crippen LogP contribution in [0.3, 0.4) is 0 Å². The predicted octanol–water partition coefficient (Wildman–Crippen LogP) is 3.20. The second-order valence-electron chi connectivity index (χ2n) is 4.62. The first-order valence-corrected chi connectivity index (χ1v) is 7.85. The van der Waals surface area contributed by atoms with Crippen LogP contribution in [0.5, 0.6) is 0 Å². The summed E-state index contributed by atoms with van der Waals surface area (Å²) in [5.41, 5.74) is -0.0455. The average molecular weight is 423 g/mol. The Morgan fingerprint density at radius 2 is 1.67 bits per heavy atom. The molecule has 21 heavy (non-hydrogen) atoms. The zero-order valence-electron chi connectivity index (χ0n) is 12.8. The third-order valence-electron chi connectivity index (χ3n) is 3.15. The summed E-state index contributed by atoms with van der Waals surface area (Å²) >= 11 is 3.41. The second-order valence-corrected chi connectivity index (χ2v) is 5.53. The van der Waals surface area contributed by atoms with Gasteiger partial charge >= 0.3 is 0 Å². The molecule has 0 aliphatic carbocycles. The summed E-state index contributed by atoms with van der Waals surface area (Å²) in [5.74, 6) is 0.735. The molecule has 1 atom stereocenters. The van der Waals surface area contributed by atoms with E-state index in [1.807, 2.05) is 45.0 Å². The van der Waals surface area contributed by atoms with Crippen LogP contribution < -0.4 is 10.6 Å². The lowest BCUT2D eigenvalue weighted by atomic mass is 9.91. The quantitative estimate of drug-likeness (QED) is 0.487. The highest BCUT2D eigenvalue weighted by Crippen LogP contribution is 2.26. The minimum absolute atomic E-state index is 0. The Hall–Kier alpha value is -0.590. The van der Waals surface area contributed by atoms with Crippen molar-refractivity contribution in [2.24, 2.45) is 4.99 Å². The minimum Gasteiger partial charge on any atom is -0.383 e. The zero-order valence-corrected chi connectivity index (χ0v) is 16.1. The number of nitrogens with one attached hydrogen (secondary N) is 2. The summed E-state index contributed by atoms with van der Waals surface area (Å²) < 4.78 is 1.00. The number of guanidine groups is 1. The molecule has 0 heterocycles. The minimum atomic E-state index is -0.934. The Labute approximate surface area is 146 Å². The average Bonchev–Trinajstić information content (AvgIpc) is 2.45. The van der Waals surface area contributed by atoms with Gasteiger partial charge in [0.1, 0.15) is 5.60 Å². The first-order chi connectivity index (χ1) is 9.55. The molecule has 1 aromatic rings. The maximum absolute atomic E-state index is 10.8. The molecule has 0 amide bonds. The van der Waals surface area contributed by atoms with Gasteiger partial charge in [0.05, 0.1) is 6.54 Å². The van der Waals surface area contributed by atoms with Gasteiger partial charge in [0.15, 0.2) is 5.96 Å². The van der Waals surface area contributed by atoms with Crippen molar-refractivity contribution in [1.82, 2.24) is 10.6 Å². The number of hydrogen-bond donors (Lipinski definition) is 3. The van der Waals surface area contributed by atoms with E-state index in [2.05, 4.69) is 31.6 Å². The van der Waals surface area contributed by atoms with Gasteiger partial charge in [-0.2, -0.15) is 0 Å². The molecular weight excluding hydrogens is 398 g/mol. The lowest BCUT2D eigenvalue weighted by molar-refractivity contribution is 0.0423. The second kappa shape index (κ2) is 10.2. The van der Waals surface area contributed by atoms with Crippen molar-refractivity contribution in [3.63, 3.8) is 0 Å². The van der Waals surface area contributed by atoms with E-state index < -0.39 is 5.60 Å². The monoisotopic (exact) mass is 421 g/mol. The summed E-state index contributed by atoms with van der Waals surface area (Å²) in [6.07, 6.45) is 0.615. The van der Waals surface area contributed by atoms with Gasteiger partial charge in [-0.25, -0.2) is 4.99 Å². The fraction of sp³-hybridized carbons (Fsp3) is 0.533. The highest BCUT2D eigenvalue weighted by atomic mass is 79.9. The van der Waals surface area contributed by atoms with Crippen molar-refractivity contribution in [2.45, 2.75) is 32.8 Å². The smallest absolute Gasteiger partial charge is 0.191 e. The third kappa shape index (κ3) is 6.36. The molecule has 4 nitrogen and oxygen atoms in total. The topological polar surface area (TPSA) is 56.7 Å². The van der Waals surface area contributed by atoms with Gasteiger partial charge in [-0.05, 0) is 38.0 Å². The number of rotatable bonds is 6. The Kier molecular flexibility index (Phi) is 9.90. The number of halogens is 2. The molecule has 0 spiro atoms. The molecule has 6 heteroatoms. The van der Waals surface area contributed by atoms with E-state index in [4.69, 9.17) is 0 Å². The molecular formula is C15H25Br2N3O. The van der Waals surface area contributed by atoms with Crippen LogP contribution >= 0.6 is 32.9 Å². The normalized spacial score (nSPS) is 12.8. The van der Waals surface area contributed by atoms with E-state index in [0.29, 0.717) is 13.0 Å². The van der Waals surface area contributed by atoms with Gasteiger partial charge in [0, 0.05) is 17.6 Å². The van der Waals surface area contributed by atoms with E-state index >= 15 is 0 Å². The zero-order chi connectivity index (χ0) is 15.0. The van der Waals surface area contributed by atoms with Crippen LogP contribution in [0.2, 0.25) is 0 Å². The fourth-order valence-electron chi connectivity index (χ4n) is 1.89. The number of benzene rings is 1. The largest absolute Gasteiger partial charge is 0.383 e. The van der Waals surface area contributed by atoms with Gasteiger partial charge in [-0.1, -0.05) is 35.0 Å². The summed E-state index contributed by atoms with van der Waals surface area (Å²) in [5, 5.41) is 17.1. The Bertz CT molecular complexity index is 429. The summed E-state index contributed by atoms with van der Waals surface area (Å²) in [4.78, 5) is 4.48. The van der Waals surface area contributed by atoms with Crippen LogP contribution in [-0.2, 0) is 5.60 Å². The predicted molar refractivity (Wildman–Crippen MR) is 98.3 cm³/mol. The lowest BCUT2D eigenvalue weighted by Crippen LogP contribution is -2.39. The Balaban J connectivity index is 0.00000400. The molecule has 0 aliphatic rings. The Morgan fingerprint density at radius 3 is 2.10 bits per heavy atom. The van der Waals surface area contributed by atoms with Gasteiger partial charge in [0.2, 0.25) is 0 Å². The van der Waals surface area contributed by atoms with Crippen molar-refractivity contribution in [3.8, 4) is 0 Å². The van der Waals surface area contributed by atoms with Crippen molar-refractivity contribution in [3.05, 3.63) is 34.3 Å². The van der Waals surface area contributed by atoms with Crippen LogP contribution in [0.15, 0.2) is 33.7 Å². The van der Waals surface area contributed by atoms with Gasteiger partial charge in [-0.15, -0.1) is 17.0 Å². The molecule has 0 saturated carbocycles. The van der Waals surface area contributed by atoms with Crippen molar-refractivity contribution >= 4 is 38.9 Å². The van der Waals surface area contributed by atoms with E-state index in [1.54, 1.807) is 0 Å². The van der Waals surface area contributed by atoms with E-state index in [1.165, 1.54) is 0 Å². The molecule has 0 fully saturated rings. The summed E-state index contributed by atoms with van der Waals surface area (Å²) in [6.45, 7) is 7.95. The van der Waals surface area contributed by atoms with Crippen molar-refractivity contribution in [1.29, 1.82) is 0 Å². The van der Waals surface area contributed by atoms with E-state index in [9.17, 15) is 5.11 Å². The lowest BCUT2D eigenvalue weighted by Gasteiger charge is -2.26. The molecule has 3 N–H and O–H groups in total. The molecule has 120 valence electrons.